The maximum Gasteiger partial charge on any atom is 0.325 e. The molecule has 3 nitrogen and oxygen atoms in total. The lowest BCUT2D eigenvalue weighted by molar-refractivity contribution is -0.146. The minimum Gasteiger partial charge on any atom is -0.468 e. The predicted molar refractivity (Wildman–Crippen MR) is 37.3 cm³/mol. The van der Waals surface area contributed by atoms with E-state index in [1.54, 1.807) is 20.9 Å². The summed E-state index contributed by atoms with van der Waals surface area (Å²) in [6.07, 6.45) is 0. The highest BCUT2D eigenvalue weighted by atomic mass is 16.5. The number of esters is 1. The lowest BCUT2D eigenvalue weighted by Crippen LogP contribution is -2.45. The van der Waals surface area contributed by atoms with E-state index in [0.717, 1.165) is 0 Å². The molecule has 0 atom stereocenters. The van der Waals surface area contributed by atoms with Gasteiger partial charge in [-0.1, -0.05) is 0 Å². The average molecular weight is 133 g/mol. The van der Waals surface area contributed by atoms with Crippen LogP contribution < -0.4 is 5.32 Å². The van der Waals surface area contributed by atoms with Crippen LogP contribution in [0, 0.1) is 0 Å². The largest absolute Gasteiger partial charge is 0.468 e. The van der Waals surface area contributed by atoms with Crippen molar-refractivity contribution in [3.63, 3.8) is 0 Å². The lowest BCUT2D eigenvalue weighted by atomic mass is 10.1. The number of nitrogens with one attached hydrogen (secondary N) is 1. The molecule has 0 amide bonds. The average Bonchev–Trinajstić information content (AvgIpc) is 1.86. The van der Waals surface area contributed by atoms with Crippen LogP contribution in [0.2, 0.25) is 0 Å². The summed E-state index contributed by atoms with van der Waals surface area (Å²) >= 11 is 0. The molecule has 0 spiro atoms. The zero-order valence-electron chi connectivity index (χ0n) is 6.32. The second-order valence-electron chi connectivity index (χ2n) is 2.37. The number of carbonyl (C=O) groups is 1. The van der Waals surface area contributed by atoms with E-state index in [4.69, 9.17) is 0 Å². The molecule has 0 rings (SSSR count). The Morgan fingerprint density at radius 3 is 2.22 bits per heavy atom. The molecule has 0 aromatic carbocycles. The van der Waals surface area contributed by atoms with Gasteiger partial charge in [-0.15, -0.1) is 0 Å². The van der Waals surface area contributed by atoms with E-state index < -0.39 is 5.54 Å². The Hall–Kier alpha value is -0.570. The number of hydrogen-bond acceptors (Lipinski definition) is 3. The van der Waals surface area contributed by atoms with Gasteiger partial charge in [-0.3, -0.25) is 4.79 Å². The molecule has 0 heterocycles. The molecule has 0 saturated carbocycles. The second kappa shape index (κ2) is 2.82. The Balaban J connectivity index is 0. The molecule has 0 aromatic heterocycles. The van der Waals surface area contributed by atoms with Crippen LogP contribution in [0.3, 0.4) is 0 Å². The zero-order valence-corrected chi connectivity index (χ0v) is 6.32. The van der Waals surface area contributed by atoms with Crippen LogP contribution in [-0.2, 0) is 9.53 Å². The highest BCUT2D eigenvalue weighted by molar-refractivity contribution is 5.79. The summed E-state index contributed by atoms with van der Waals surface area (Å²) < 4.78 is 4.50. The summed E-state index contributed by atoms with van der Waals surface area (Å²) in [5.74, 6) is -0.245. The Bertz CT molecular complexity index is 114. The van der Waals surface area contributed by atoms with Crippen molar-refractivity contribution < 1.29 is 11.0 Å². The van der Waals surface area contributed by atoms with Crippen molar-refractivity contribution in [1.82, 2.24) is 5.32 Å². The molecule has 0 bridgehead atoms. The topological polar surface area (TPSA) is 38.3 Å². The van der Waals surface area contributed by atoms with Crippen LogP contribution in [0.25, 0.3) is 0 Å². The monoisotopic (exact) mass is 133 g/mol. The molecule has 1 N–H and O–H groups in total. The van der Waals surface area contributed by atoms with Gasteiger partial charge >= 0.3 is 5.97 Å². The number of rotatable bonds is 2. The quantitative estimate of drug-likeness (QED) is 0.554. The van der Waals surface area contributed by atoms with E-state index in [1.807, 2.05) is 0 Å². The molecule has 3 heteroatoms. The van der Waals surface area contributed by atoms with Crippen molar-refractivity contribution in [2.24, 2.45) is 0 Å². The van der Waals surface area contributed by atoms with Gasteiger partial charge in [-0.25, -0.2) is 0 Å². The molecule has 9 heavy (non-hydrogen) atoms. The summed E-state index contributed by atoms with van der Waals surface area (Å²) in [5, 5.41) is 2.82. The van der Waals surface area contributed by atoms with Crippen LogP contribution in [0.5, 0.6) is 0 Å². The van der Waals surface area contributed by atoms with Gasteiger partial charge in [-0.05, 0) is 20.9 Å². The van der Waals surface area contributed by atoms with Crippen molar-refractivity contribution in [2.75, 3.05) is 14.2 Å². The van der Waals surface area contributed by atoms with Crippen LogP contribution in [0.4, 0.5) is 0 Å². The SMILES string of the molecule is CNC(C)(C)C(=O)OC.[HH]. The fourth-order valence-corrected chi connectivity index (χ4v) is 0.357. The molecular weight excluding hydrogens is 118 g/mol. The van der Waals surface area contributed by atoms with Crippen LogP contribution >= 0.6 is 0 Å². The van der Waals surface area contributed by atoms with Crippen molar-refractivity contribution in [1.29, 1.82) is 0 Å². The van der Waals surface area contributed by atoms with Crippen molar-refractivity contribution in [3.8, 4) is 0 Å². The first-order valence-corrected chi connectivity index (χ1v) is 2.82. The molecular formula is C6H15NO2. The van der Waals surface area contributed by atoms with Gasteiger partial charge in [-0.2, -0.15) is 0 Å². The number of ether oxygens (including phenoxy) is 1. The van der Waals surface area contributed by atoms with E-state index >= 15 is 0 Å². The Morgan fingerprint density at radius 2 is 2.11 bits per heavy atom. The van der Waals surface area contributed by atoms with Crippen LogP contribution in [-0.4, -0.2) is 25.7 Å². The first kappa shape index (κ1) is 8.43. The summed E-state index contributed by atoms with van der Waals surface area (Å²) in [4.78, 5) is 10.8. The summed E-state index contributed by atoms with van der Waals surface area (Å²) in [6.45, 7) is 3.53. The van der Waals surface area contributed by atoms with Crippen LogP contribution in [0.1, 0.15) is 15.3 Å². The van der Waals surface area contributed by atoms with Crippen molar-refractivity contribution in [2.45, 2.75) is 19.4 Å². The van der Waals surface area contributed by atoms with E-state index in [9.17, 15) is 4.79 Å². The van der Waals surface area contributed by atoms with Gasteiger partial charge in [0.05, 0.1) is 7.11 Å². The molecule has 0 aliphatic heterocycles. The minimum atomic E-state index is -0.561. The number of hydrogen-bond donors (Lipinski definition) is 1. The maximum absolute atomic E-state index is 10.8. The Morgan fingerprint density at radius 1 is 1.67 bits per heavy atom. The normalized spacial score (nSPS) is 11.1. The third-order valence-electron chi connectivity index (χ3n) is 1.32. The highest BCUT2D eigenvalue weighted by Crippen LogP contribution is 2.01. The fraction of sp³-hybridized carbons (Fsp3) is 0.833. The van der Waals surface area contributed by atoms with Crippen molar-refractivity contribution in [3.05, 3.63) is 0 Å². The van der Waals surface area contributed by atoms with Gasteiger partial charge in [0, 0.05) is 1.43 Å². The third kappa shape index (κ3) is 2.01. The van der Waals surface area contributed by atoms with E-state index in [2.05, 4.69) is 10.1 Å². The standard InChI is InChI=1S/C6H13NO2.H2/c1-6(2,7-3)5(8)9-4;/h7H,1-4H3;1H. The zero-order chi connectivity index (χ0) is 7.49. The van der Waals surface area contributed by atoms with E-state index in [-0.39, 0.29) is 7.40 Å². The summed E-state index contributed by atoms with van der Waals surface area (Å²) in [6, 6.07) is 0. The van der Waals surface area contributed by atoms with Gasteiger partial charge in [0.1, 0.15) is 5.54 Å². The van der Waals surface area contributed by atoms with Gasteiger partial charge < -0.3 is 10.1 Å². The Labute approximate surface area is 56.9 Å². The molecule has 0 aliphatic rings. The summed E-state index contributed by atoms with van der Waals surface area (Å²) in [7, 11) is 3.10. The number of likely N-dealkylation sites (N-methyl/N-ethyl adjacent to an activating group) is 1. The Kier molecular flexibility index (Phi) is 2.65. The molecule has 0 unspecified atom stereocenters. The fourth-order valence-electron chi connectivity index (χ4n) is 0.357. The van der Waals surface area contributed by atoms with Gasteiger partial charge in [0.15, 0.2) is 0 Å². The van der Waals surface area contributed by atoms with E-state index in [1.165, 1.54) is 7.11 Å². The molecule has 0 aromatic rings. The molecule has 0 aliphatic carbocycles. The number of methoxy groups -OCH3 is 1. The smallest absolute Gasteiger partial charge is 0.325 e. The second-order valence-corrected chi connectivity index (χ2v) is 2.37. The molecule has 0 radical (unpaired) electrons. The van der Waals surface area contributed by atoms with Gasteiger partial charge in [0.25, 0.3) is 0 Å². The predicted octanol–water partition coefficient (Wildman–Crippen LogP) is 0.403. The molecule has 0 fully saturated rings. The molecule has 0 saturated heterocycles. The maximum atomic E-state index is 10.8. The number of carbonyl (C=O) groups excluding carboxylic acids is 1. The van der Waals surface area contributed by atoms with Crippen LogP contribution in [0.15, 0.2) is 0 Å². The third-order valence-corrected chi connectivity index (χ3v) is 1.32. The highest BCUT2D eigenvalue weighted by Gasteiger charge is 2.25. The minimum absolute atomic E-state index is 0. The first-order valence-electron chi connectivity index (χ1n) is 2.82. The molecule has 56 valence electrons. The first-order chi connectivity index (χ1) is 4.04. The lowest BCUT2D eigenvalue weighted by Gasteiger charge is -2.19. The summed E-state index contributed by atoms with van der Waals surface area (Å²) in [5.41, 5.74) is -0.561. The van der Waals surface area contributed by atoms with Crippen molar-refractivity contribution >= 4 is 5.97 Å². The van der Waals surface area contributed by atoms with E-state index in [0.29, 0.717) is 0 Å². The van der Waals surface area contributed by atoms with Gasteiger partial charge in [0.2, 0.25) is 0 Å².